The van der Waals surface area contributed by atoms with E-state index >= 15 is 0 Å². The molecule has 8 heteroatoms. The van der Waals surface area contributed by atoms with Gasteiger partial charge in [0.05, 0.1) is 30.5 Å². The average molecular weight is 407 g/mol. The summed E-state index contributed by atoms with van der Waals surface area (Å²) in [6.07, 6.45) is 1.79. The van der Waals surface area contributed by atoms with Gasteiger partial charge in [0.25, 0.3) is 0 Å². The number of halogens is 1. The van der Waals surface area contributed by atoms with Crippen LogP contribution in [0.15, 0.2) is 60.8 Å². The van der Waals surface area contributed by atoms with Gasteiger partial charge in [0.2, 0.25) is 5.95 Å². The van der Waals surface area contributed by atoms with Crippen molar-refractivity contribution in [2.45, 2.75) is 0 Å². The topological polar surface area (TPSA) is 68.1 Å². The van der Waals surface area contributed by atoms with Crippen molar-refractivity contribution >= 4 is 40.1 Å². The van der Waals surface area contributed by atoms with E-state index in [1.165, 1.54) is 0 Å². The van der Waals surface area contributed by atoms with E-state index in [0.717, 1.165) is 35.5 Å². The predicted octanol–water partition coefficient (Wildman–Crippen LogP) is 4.05. The molecule has 0 unspecified atom stereocenters. The molecule has 3 heterocycles. The molecule has 0 saturated carbocycles. The number of anilines is 3. The maximum Gasteiger partial charge on any atom is 0.229 e. The van der Waals surface area contributed by atoms with Crippen LogP contribution in [0.5, 0.6) is 0 Å². The molecule has 1 aliphatic heterocycles. The molecule has 0 radical (unpaired) electrons. The number of hydrogen-bond acceptors (Lipinski definition) is 6. The van der Waals surface area contributed by atoms with E-state index in [1.54, 1.807) is 6.20 Å². The summed E-state index contributed by atoms with van der Waals surface area (Å²) in [6, 6.07) is 17.5. The number of ether oxygens (including phenoxy) is 1. The van der Waals surface area contributed by atoms with E-state index in [4.69, 9.17) is 26.3 Å². The summed E-state index contributed by atoms with van der Waals surface area (Å²) in [7, 11) is 0. The van der Waals surface area contributed by atoms with Crippen LogP contribution in [0, 0.1) is 0 Å². The van der Waals surface area contributed by atoms with Crippen molar-refractivity contribution < 1.29 is 4.74 Å². The molecule has 1 aliphatic rings. The van der Waals surface area contributed by atoms with Crippen molar-refractivity contribution in [1.29, 1.82) is 0 Å². The minimum Gasteiger partial charge on any atom is -0.378 e. The van der Waals surface area contributed by atoms with Crippen molar-refractivity contribution in [1.82, 2.24) is 19.7 Å². The second-order valence-electron chi connectivity index (χ2n) is 6.74. The first-order valence-corrected chi connectivity index (χ1v) is 9.82. The van der Waals surface area contributed by atoms with Crippen molar-refractivity contribution in [2.75, 3.05) is 36.5 Å². The van der Waals surface area contributed by atoms with Gasteiger partial charge < -0.3 is 15.0 Å². The fraction of sp³-hybridized carbons (Fsp3) is 0.190. The van der Waals surface area contributed by atoms with Gasteiger partial charge in [-0.15, -0.1) is 0 Å². The standard InChI is InChI=1S/C21H19ClN6O/c22-15-5-4-6-16(13-15)24-19-18-14-23-28(17-7-2-1-3-8-17)20(18)26-21(25-19)27-9-11-29-12-10-27/h1-8,13-14H,9-12H2,(H,24,25,26). The Hall–Kier alpha value is -3.16. The highest BCUT2D eigenvalue weighted by Crippen LogP contribution is 2.29. The van der Waals surface area contributed by atoms with Crippen LogP contribution in [0.25, 0.3) is 16.7 Å². The van der Waals surface area contributed by atoms with Crippen molar-refractivity contribution in [3.8, 4) is 5.69 Å². The summed E-state index contributed by atoms with van der Waals surface area (Å²) in [5, 5.41) is 9.46. The summed E-state index contributed by atoms with van der Waals surface area (Å²) in [6.45, 7) is 2.83. The summed E-state index contributed by atoms with van der Waals surface area (Å²) < 4.78 is 7.32. The van der Waals surface area contributed by atoms with Gasteiger partial charge in [-0.3, -0.25) is 0 Å². The first kappa shape index (κ1) is 17.9. The quantitative estimate of drug-likeness (QED) is 0.551. The van der Waals surface area contributed by atoms with Crippen LogP contribution < -0.4 is 10.2 Å². The van der Waals surface area contributed by atoms with E-state index in [2.05, 4.69) is 15.3 Å². The van der Waals surface area contributed by atoms with Gasteiger partial charge in [-0.25, -0.2) is 4.68 Å². The second kappa shape index (κ2) is 7.69. The zero-order valence-corrected chi connectivity index (χ0v) is 16.4. The number of benzene rings is 2. The normalized spacial score (nSPS) is 14.3. The molecule has 5 rings (SSSR count). The zero-order valence-electron chi connectivity index (χ0n) is 15.6. The molecule has 4 aromatic rings. The van der Waals surface area contributed by atoms with Crippen LogP contribution in [0.2, 0.25) is 5.02 Å². The first-order valence-electron chi connectivity index (χ1n) is 9.44. The third kappa shape index (κ3) is 3.62. The first-order chi connectivity index (χ1) is 14.3. The van der Waals surface area contributed by atoms with Crippen molar-refractivity contribution in [3.63, 3.8) is 0 Å². The molecular formula is C21H19ClN6O. The number of nitrogens with one attached hydrogen (secondary N) is 1. The van der Waals surface area contributed by atoms with Gasteiger partial charge in [0.1, 0.15) is 5.82 Å². The summed E-state index contributed by atoms with van der Waals surface area (Å²) in [5.74, 6) is 1.35. The van der Waals surface area contributed by atoms with Gasteiger partial charge in [-0.1, -0.05) is 35.9 Å². The largest absolute Gasteiger partial charge is 0.378 e. The van der Waals surface area contributed by atoms with Crippen molar-refractivity contribution in [2.24, 2.45) is 0 Å². The molecule has 146 valence electrons. The van der Waals surface area contributed by atoms with Crippen LogP contribution in [-0.4, -0.2) is 46.1 Å². The summed E-state index contributed by atoms with van der Waals surface area (Å²) in [4.78, 5) is 11.8. The number of morpholine rings is 1. The number of hydrogen-bond donors (Lipinski definition) is 1. The Morgan fingerprint density at radius 1 is 0.966 bits per heavy atom. The molecule has 0 aliphatic carbocycles. The molecule has 1 N–H and O–H groups in total. The Labute approximate surface area is 172 Å². The molecule has 0 amide bonds. The SMILES string of the molecule is Clc1cccc(Nc2nc(N3CCOCC3)nc3c2cnn3-c2ccccc2)c1. The summed E-state index contributed by atoms with van der Waals surface area (Å²) in [5.41, 5.74) is 2.55. The molecule has 1 saturated heterocycles. The molecule has 0 atom stereocenters. The maximum absolute atomic E-state index is 6.16. The molecule has 29 heavy (non-hydrogen) atoms. The monoisotopic (exact) mass is 406 g/mol. The van der Waals surface area contributed by atoms with Gasteiger partial charge >= 0.3 is 0 Å². The van der Waals surface area contributed by atoms with E-state index in [0.29, 0.717) is 30.0 Å². The molecule has 2 aromatic carbocycles. The van der Waals surface area contributed by atoms with E-state index < -0.39 is 0 Å². The number of rotatable bonds is 4. The van der Waals surface area contributed by atoms with Gasteiger partial charge in [0.15, 0.2) is 5.65 Å². The van der Waals surface area contributed by atoms with Crippen LogP contribution in [0.3, 0.4) is 0 Å². The minimum atomic E-state index is 0.656. The third-order valence-corrected chi connectivity index (χ3v) is 5.03. The highest BCUT2D eigenvalue weighted by Gasteiger charge is 2.19. The van der Waals surface area contributed by atoms with E-state index in [9.17, 15) is 0 Å². The molecule has 0 spiro atoms. The highest BCUT2D eigenvalue weighted by molar-refractivity contribution is 6.30. The minimum absolute atomic E-state index is 0.656. The molecule has 1 fully saturated rings. The molecule has 7 nitrogen and oxygen atoms in total. The Bertz CT molecular complexity index is 1140. The Morgan fingerprint density at radius 2 is 1.79 bits per heavy atom. The lowest BCUT2D eigenvalue weighted by Crippen LogP contribution is -2.37. The van der Waals surface area contributed by atoms with E-state index in [1.807, 2.05) is 59.3 Å². The average Bonchev–Trinajstić information content (AvgIpc) is 3.19. The molecule has 0 bridgehead atoms. The smallest absolute Gasteiger partial charge is 0.229 e. The second-order valence-corrected chi connectivity index (χ2v) is 7.17. The summed E-state index contributed by atoms with van der Waals surface area (Å²) >= 11 is 6.16. The Balaban J connectivity index is 1.65. The third-order valence-electron chi connectivity index (χ3n) is 4.80. The molecule has 2 aromatic heterocycles. The fourth-order valence-corrected chi connectivity index (χ4v) is 3.55. The van der Waals surface area contributed by atoms with Crippen molar-refractivity contribution in [3.05, 3.63) is 65.8 Å². The molecular weight excluding hydrogens is 388 g/mol. The Morgan fingerprint density at radius 3 is 2.59 bits per heavy atom. The Kier molecular flexibility index (Phi) is 4.75. The maximum atomic E-state index is 6.16. The van der Waals surface area contributed by atoms with Crippen LogP contribution in [-0.2, 0) is 4.74 Å². The fourth-order valence-electron chi connectivity index (χ4n) is 3.36. The lowest BCUT2D eigenvalue weighted by atomic mass is 10.3. The van der Waals surface area contributed by atoms with Gasteiger partial charge in [-0.2, -0.15) is 15.1 Å². The van der Waals surface area contributed by atoms with Crippen LogP contribution >= 0.6 is 11.6 Å². The predicted molar refractivity (Wildman–Crippen MR) is 114 cm³/mol. The number of nitrogens with zero attached hydrogens (tertiary/aromatic N) is 5. The van der Waals surface area contributed by atoms with Crippen LogP contribution in [0.1, 0.15) is 0 Å². The van der Waals surface area contributed by atoms with Gasteiger partial charge in [-0.05, 0) is 30.3 Å². The van der Waals surface area contributed by atoms with E-state index in [-0.39, 0.29) is 0 Å². The highest BCUT2D eigenvalue weighted by atomic mass is 35.5. The lowest BCUT2D eigenvalue weighted by molar-refractivity contribution is 0.122. The van der Waals surface area contributed by atoms with Crippen LogP contribution in [0.4, 0.5) is 17.5 Å². The number of fused-ring (bicyclic) bond motifs is 1. The number of para-hydroxylation sites is 1. The lowest BCUT2D eigenvalue weighted by Gasteiger charge is -2.27. The number of aromatic nitrogens is 4. The zero-order chi connectivity index (χ0) is 19.6. The van der Waals surface area contributed by atoms with Gasteiger partial charge in [0, 0.05) is 23.8 Å².